The first-order valence-electron chi connectivity index (χ1n) is 5.45. The predicted octanol–water partition coefficient (Wildman–Crippen LogP) is 0.914. The zero-order chi connectivity index (χ0) is 11.3. The second-order valence-corrected chi connectivity index (χ2v) is 3.90. The number of hydrogen-bond acceptors (Lipinski definition) is 3. The van der Waals surface area contributed by atoms with Crippen LogP contribution in [0, 0.1) is 0 Å². The Balaban J connectivity index is 2.63. The van der Waals surface area contributed by atoms with Gasteiger partial charge in [-0.2, -0.15) is 0 Å². The summed E-state index contributed by atoms with van der Waals surface area (Å²) in [6.07, 6.45) is 4.85. The fourth-order valence-electron chi connectivity index (χ4n) is 2.05. The van der Waals surface area contributed by atoms with Gasteiger partial charge in [-0.15, -0.1) is 0 Å². The number of nitrogens with two attached hydrogens (primary N) is 1. The van der Waals surface area contributed by atoms with Gasteiger partial charge in [-0.1, -0.05) is 24.9 Å². The van der Waals surface area contributed by atoms with Gasteiger partial charge in [0.05, 0.1) is 6.54 Å². The Kier molecular flexibility index (Phi) is 4.39. The Hall–Kier alpha value is -1.26. The minimum Gasteiger partial charge on any atom is -0.409 e. The zero-order valence-electron chi connectivity index (χ0n) is 9.15. The van der Waals surface area contributed by atoms with Crippen molar-refractivity contribution in [2.24, 2.45) is 10.9 Å². The molecule has 0 aromatic carbocycles. The van der Waals surface area contributed by atoms with Crippen LogP contribution in [0.1, 0.15) is 39.0 Å². The smallest absolute Gasteiger partial charge is 0.222 e. The highest BCUT2D eigenvalue weighted by Gasteiger charge is 2.26. The Morgan fingerprint density at radius 3 is 2.60 bits per heavy atom. The second kappa shape index (κ2) is 5.58. The van der Waals surface area contributed by atoms with Crippen LogP contribution in [-0.4, -0.2) is 34.4 Å². The van der Waals surface area contributed by atoms with Crippen LogP contribution in [0.3, 0.4) is 0 Å². The van der Waals surface area contributed by atoms with Gasteiger partial charge < -0.3 is 15.8 Å². The van der Waals surface area contributed by atoms with Crippen molar-refractivity contribution >= 4 is 11.7 Å². The maximum atomic E-state index is 11.7. The number of amidine groups is 1. The molecule has 1 amide bonds. The summed E-state index contributed by atoms with van der Waals surface area (Å²) >= 11 is 0. The molecule has 86 valence electrons. The van der Waals surface area contributed by atoms with Crippen molar-refractivity contribution in [1.82, 2.24) is 4.90 Å². The minimum absolute atomic E-state index is 0.0773. The van der Waals surface area contributed by atoms with Crippen LogP contribution in [0.5, 0.6) is 0 Å². The maximum Gasteiger partial charge on any atom is 0.222 e. The van der Waals surface area contributed by atoms with E-state index in [1.165, 1.54) is 0 Å². The van der Waals surface area contributed by atoms with Crippen molar-refractivity contribution in [3.63, 3.8) is 0 Å². The van der Waals surface area contributed by atoms with Gasteiger partial charge in [-0.3, -0.25) is 4.79 Å². The van der Waals surface area contributed by atoms with Crippen LogP contribution >= 0.6 is 0 Å². The van der Waals surface area contributed by atoms with Crippen molar-refractivity contribution in [2.45, 2.75) is 45.1 Å². The van der Waals surface area contributed by atoms with Gasteiger partial charge in [0, 0.05) is 12.5 Å². The van der Waals surface area contributed by atoms with E-state index in [2.05, 4.69) is 5.16 Å². The van der Waals surface area contributed by atoms with Crippen LogP contribution in [0.15, 0.2) is 5.16 Å². The zero-order valence-corrected chi connectivity index (χ0v) is 9.15. The van der Waals surface area contributed by atoms with Crippen molar-refractivity contribution in [2.75, 3.05) is 6.54 Å². The summed E-state index contributed by atoms with van der Waals surface area (Å²) in [6, 6.07) is 0.276. The molecule has 1 rings (SSSR count). The number of amides is 1. The first-order chi connectivity index (χ1) is 7.19. The highest BCUT2D eigenvalue weighted by atomic mass is 16.4. The molecule has 0 aliphatic heterocycles. The molecule has 0 aromatic heterocycles. The van der Waals surface area contributed by atoms with Crippen LogP contribution in [-0.2, 0) is 4.79 Å². The molecule has 0 radical (unpaired) electrons. The summed E-state index contributed by atoms with van der Waals surface area (Å²) in [5, 5.41) is 11.4. The van der Waals surface area contributed by atoms with Crippen molar-refractivity contribution < 1.29 is 10.0 Å². The molecule has 0 atom stereocenters. The maximum absolute atomic E-state index is 11.7. The van der Waals surface area contributed by atoms with Crippen LogP contribution in [0.2, 0.25) is 0 Å². The van der Waals surface area contributed by atoms with Gasteiger partial charge in [0.1, 0.15) is 0 Å². The molecular formula is C10H19N3O2. The molecule has 0 saturated heterocycles. The minimum atomic E-state index is 0.0773. The molecule has 5 heteroatoms. The largest absolute Gasteiger partial charge is 0.409 e. The van der Waals surface area contributed by atoms with E-state index in [1.807, 2.05) is 6.92 Å². The normalized spacial score (nSPS) is 18.1. The van der Waals surface area contributed by atoms with Gasteiger partial charge in [0.25, 0.3) is 0 Å². The Labute approximate surface area is 89.9 Å². The van der Waals surface area contributed by atoms with E-state index >= 15 is 0 Å². The highest BCUT2D eigenvalue weighted by molar-refractivity contribution is 5.87. The summed E-state index contributed by atoms with van der Waals surface area (Å²) in [5.41, 5.74) is 5.44. The number of carbonyl (C=O) groups is 1. The molecule has 5 nitrogen and oxygen atoms in total. The molecule has 0 heterocycles. The van der Waals surface area contributed by atoms with Gasteiger partial charge >= 0.3 is 0 Å². The van der Waals surface area contributed by atoms with E-state index in [4.69, 9.17) is 10.9 Å². The number of nitrogens with zero attached hydrogens (tertiary/aromatic N) is 2. The summed E-state index contributed by atoms with van der Waals surface area (Å²) in [6.45, 7) is 2.07. The summed E-state index contributed by atoms with van der Waals surface area (Å²) in [4.78, 5) is 13.4. The summed E-state index contributed by atoms with van der Waals surface area (Å²) in [7, 11) is 0. The Bertz CT molecular complexity index is 247. The Morgan fingerprint density at radius 1 is 1.53 bits per heavy atom. The van der Waals surface area contributed by atoms with E-state index in [0.717, 1.165) is 25.7 Å². The number of carbonyl (C=O) groups excluding carboxylic acids is 1. The number of oxime groups is 1. The predicted molar refractivity (Wildman–Crippen MR) is 57.7 cm³/mol. The second-order valence-electron chi connectivity index (χ2n) is 3.90. The lowest BCUT2D eigenvalue weighted by molar-refractivity contribution is -0.132. The molecule has 0 spiro atoms. The molecule has 1 fully saturated rings. The number of rotatable bonds is 4. The van der Waals surface area contributed by atoms with E-state index < -0.39 is 0 Å². The van der Waals surface area contributed by atoms with E-state index in [9.17, 15) is 4.79 Å². The molecule has 1 aliphatic carbocycles. The SMILES string of the molecule is CCC(=O)N(CC(N)=NO)C1CCCC1. The Morgan fingerprint density at radius 2 is 2.13 bits per heavy atom. The summed E-state index contributed by atoms with van der Waals surface area (Å²) < 4.78 is 0. The fraction of sp³-hybridized carbons (Fsp3) is 0.800. The standard InChI is InChI=1S/C10H19N3O2/c1-2-10(14)13(7-9(11)12-15)8-5-3-4-6-8/h8,15H,2-7H2,1H3,(H2,11,12). The molecule has 0 bridgehead atoms. The van der Waals surface area contributed by atoms with Crippen LogP contribution in [0.4, 0.5) is 0 Å². The van der Waals surface area contributed by atoms with Crippen molar-refractivity contribution in [3.05, 3.63) is 0 Å². The third-order valence-corrected chi connectivity index (χ3v) is 2.85. The number of hydrogen-bond donors (Lipinski definition) is 2. The lowest BCUT2D eigenvalue weighted by Gasteiger charge is -2.28. The van der Waals surface area contributed by atoms with Crippen LogP contribution < -0.4 is 5.73 Å². The van der Waals surface area contributed by atoms with Gasteiger partial charge in [0.15, 0.2) is 5.84 Å². The van der Waals surface area contributed by atoms with E-state index in [0.29, 0.717) is 6.42 Å². The highest BCUT2D eigenvalue weighted by Crippen LogP contribution is 2.23. The topological polar surface area (TPSA) is 78.9 Å². The third kappa shape index (κ3) is 3.11. The van der Waals surface area contributed by atoms with Crippen molar-refractivity contribution in [1.29, 1.82) is 0 Å². The quantitative estimate of drug-likeness (QED) is 0.315. The first kappa shape index (κ1) is 11.8. The van der Waals surface area contributed by atoms with Crippen LogP contribution in [0.25, 0.3) is 0 Å². The molecular weight excluding hydrogens is 194 g/mol. The monoisotopic (exact) mass is 213 g/mol. The lowest BCUT2D eigenvalue weighted by Crippen LogP contribution is -2.43. The average Bonchev–Trinajstić information content (AvgIpc) is 2.77. The van der Waals surface area contributed by atoms with Gasteiger partial charge in [0.2, 0.25) is 5.91 Å². The molecule has 15 heavy (non-hydrogen) atoms. The lowest BCUT2D eigenvalue weighted by atomic mass is 10.2. The molecule has 0 unspecified atom stereocenters. The third-order valence-electron chi connectivity index (χ3n) is 2.85. The molecule has 1 aliphatic rings. The van der Waals surface area contributed by atoms with Crippen molar-refractivity contribution in [3.8, 4) is 0 Å². The first-order valence-corrected chi connectivity index (χ1v) is 5.45. The fourth-order valence-corrected chi connectivity index (χ4v) is 2.05. The average molecular weight is 213 g/mol. The molecule has 3 N–H and O–H groups in total. The van der Waals surface area contributed by atoms with E-state index in [1.54, 1.807) is 4.90 Å². The molecule has 0 aromatic rings. The van der Waals surface area contributed by atoms with Gasteiger partial charge in [-0.05, 0) is 12.8 Å². The van der Waals surface area contributed by atoms with Gasteiger partial charge in [-0.25, -0.2) is 0 Å². The molecule has 1 saturated carbocycles. The summed E-state index contributed by atoms with van der Waals surface area (Å²) in [5.74, 6) is 0.178. The van der Waals surface area contributed by atoms with E-state index in [-0.39, 0.29) is 24.3 Å².